The van der Waals surface area contributed by atoms with Crippen LogP contribution in [-0.4, -0.2) is 28.5 Å². The Morgan fingerprint density at radius 2 is 2.29 bits per heavy atom. The van der Waals surface area contributed by atoms with E-state index in [0.29, 0.717) is 0 Å². The predicted octanol–water partition coefficient (Wildman–Crippen LogP) is 2.34. The molecular formula is C10H17N3S. The van der Waals surface area contributed by atoms with E-state index in [0.717, 1.165) is 18.2 Å². The highest BCUT2D eigenvalue weighted by Crippen LogP contribution is 2.03. The maximum absolute atomic E-state index is 4.26. The van der Waals surface area contributed by atoms with Crippen molar-refractivity contribution in [1.82, 2.24) is 9.97 Å². The van der Waals surface area contributed by atoms with Crippen LogP contribution in [0.25, 0.3) is 0 Å². The quantitative estimate of drug-likeness (QED) is 0.733. The van der Waals surface area contributed by atoms with Crippen LogP contribution in [0.2, 0.25) is 0 Å². The van der Waals surface area contributed by atoms with Gasteiger partial charge in [0.25, 0.3) is 0 Å². The summed E-state index contributed by atoms with van der Waals surface area (Å²) in [6, 6.07) is 1.90. The molecule has 0 amide bonds. The van der Waals surface area contributed by atoms with Gasteiger partial charge in [-0.3, -0.25) is 0 Å². The molecule has 1 N–H and O–H groups in total. The van der Waals surface area contributed by atoms with Gasteiger partial charge in [0, 0.05) is 12.7 Å². The Hall–Kier alpha value is -0.770. The Morgan fingerprint density at radius 3 is 3.00 bits per heavy atom. The molecule has 0 fully saturated rings. The lowest BCUT2D eigenvalue weighted by Crippen LogP contribution is -2.04. The van der Waals surface area contributed by atoms with Crippen LogP contribution >= 0.6 is 11.8 Å². The van der Waals surface area contributed by atoms with Crippen molar-refractivity contribution >= 4 is 17.6 Å². The average Bonchev–Trinajstić information content (AvgIpc) is 2.18. The highest BCUT2D eigenvalue weighted by Gasteiger charge is 1.93. The molecule has 0 unspecified atom stereocenters. The minimum absolute atomic E-state index is 0.819. The lowest BCUT2D eigenvalue weighted by molar-refractivity contribution is 0.837. The van der Waals surface area contributed by atoms with Crippen LogP contribution in [-0.2, 0) is 0 Å². The molecule has 0 saturated carbocycles. The molecule has 14 heavy (non-hydrogen) atoms. The third kappa shape index (κ3) is 4.46. The van der Waals surface area contributed by atoms with Crippen molar-refractivity contribution in [1.29, 1.82) is 0 Å². The topological polar surface area (TPSA) is 37.8 Å². The second-order valence-corrected chi connectivity index (χ2v) is 4.10. The Bertz CT molecular complexity index is 265. The van der Waals surface area contributed by atoms with Gasteiger partial charge in [-0.2, -0.15) is 11.8 Å². The number of aromatic nitrogens is 2. The zero-order valence-electron chi connectivity index (χ0n) is 8.79. The molecule has 0 aliphatic carbocycles. The van der Waals surface area contributed by atoms with E-state index in [9.17, 15) is 0 Å². The summed E-state index contributed by atoms with van der Waals surface area (Å²) in [4.78, 5) is 8.31. The summed E-state index contributed by atoms with van der Waals surface area (Å²) in [6.07, 6.45) is 6.38. The molecule has 0 radical (unpaired) electrons. The lowest BCUT2D eigenvalue weighted by Gasteiger charge is -2.04. The monoisotopic (exact) mass is 211 g/mol. The van der Waals surface area contributed by atoms with Crippen molar-refractivity contribution in [3.8, 4) is 0 Å². The summed E-state index contributed by atoms with van der Waals surface area (Å²) in [5, 5.41) is 3.28. The first-order valence-electron chi connectivity index (χ1n) is 4.85. The van der Waals surface area contributed by atoms with Crippen molar-refractivity contribution in [3.05, 3.63) is 18.1 Å². The Balaban J connectivity index is 2.18. The van der Waals surface area contributed by atoms with Crippen LogP contribution in [0.3, 0.4) is 0 Å². The first-order valence-corrected chi connectivity index (χ1v) is 6.25. The van der Waals surface area contributed by atoms with Crippen LogP contribution in [0, 0.1) is 6.92 Å². The average molecular weight is 211 g/mol. The van der Waals surface area contributed by atoms with E-state index in [1.165, 1.54) is 18.6 Å². The molecule has 1 aromatic heterocycles. The molecule has 1 aromatic rings. The van der Waals surface area contributed by atoms with E-state index in [4.69, 9.17) is 0 Å². The molecular weight excluding hydrogens is 194 g/mol. The number of anilines is 1. The predicted molar refractivity (Wildman–Crippen MR) is 62.9 cm³/mol. The van der Waals surface area contributed by atoms with Crippen LogP contribution in [0.5, 0.6) is 0 Å². The zero-order valence-corrected chi connectivity index (χ0v) is 9.60. The van der Waals surface area contributed by atoms with Gasteiger partial charge in [0.15, 0.2) is 0 Å². The largest absolute Gasteiger partial charge is 0.370 e. The van der Waals surface area contributed by atoms with Crippen molar-refractivity contribution in [2.24, 2.45) is 0 Å². The van der Waals surface area contributed by atoms with Crippen LogP contribution < -0.4 is 5.32 Å². The second-order valence-electron chi connectivity index (χ2n) is 3.12. The summed E-state index contributed by atoms with van der Waals surface area (Å²) in [5.74, 6) is 2.99. The maximum Gasteiger partial charge on any atom is 0.129 e. The minimum atomic E-state index is 0.819. The van der Waals surface area contributed by atoms with Gasteiger partial charge in [-0.15, -0.1) is 0 Å². The molecule has 0 spiro atoms. The number of thioether (sulfide) groups is 1. The first kappa shape index (κ1) is 11.3. The first-order chi connectivity index (χ1) is 6.83. The van der Waals surface area contributed by atoms with Crippen molar-refractivity contribution in [2.75, 3.05) is 23.9 Å². The van der Waals surface area contributed by atoms with E-state index in [2.05, 4.69) is 21.5 Å². The van der Waals surface area contributed by atoms with Crippen LogP contribution in [0.1, 0.15) is 18.7 Å². The van der Waals surface area contributed by atoms with Crippen molar-refractivity contribution in [3.63, 3.8) is 0 Å². The molecule has 4 heteroatoms. The van der Waals surface area contributed by atoms with E-state index in [1.54, 1.807) is 6.20 Å². The van der Waals surface area contributed by atoms with Crippen molar-refractivity contribution < 1.29 is 0 Å². The smallest absolute Gasteiger partial charge is 0.129 e. The summed E-state index contributed by atoms with van der Waals surface area (Å²) in [7, 11) is 0. The molecule has 0 bridgehead atoms. The third-order valence-electron chi connectivity index (χ3n) is 1.86. The molecule has 0 aliphatic rings. The van der Waals surface area contributed by atoms with Gasteiger partial charge in [-0.25, -0.2) is 9.97 Å². The number of unbranched alkanes of at least 4 members (excludes halogenated alkanes) is 1. The number of hydrogen-bond donors (Lipinski definition) is 1. The molecule has 0 atom stereocenters. The van der Waals surface area contributed by atoms with Gasteiger partial charge >= 0.3 is 0 Å². The van der Waals surface area contributed by atoms with Gasteiger partial charge in [-0.1, -0.05) is 0 Å². The number of hydrogen-bond acceptors (Lipinski definition) is 4. The Morgan fingerprint density at radius 1 is 1.43 bits per heavy atom. The van der Waals surface area contributed by atoms with E-state index in [1.807, 2.05) is 24.8 Å². The summed E-state index contributed by atoms with van der Waals surface area (Å²) in [5.41, 5.74) is 0. The lowest BCUT2D eigenvalue weighted by atomic mass is 10.3. The maximum atomic E-state index is 4.26. The number of nitrogens with one attached hydrogen (secondary N) is 1. The van der Waals surface area contributed by atoms with E-state index >= 15 is 0 Å². The van der Waals surface area contributed by atoms with Gasteiger partial charge in [-0.05, 0) is 37.8 Å². The number of nitrogens with zero attached hydrogens (tertiary/aromatic N) is 2. The molecule has 0 aromatic carbocycles. The van der Waals surface area contributed by atoms with Gasteiger partial charge < -0.3 is 5.32 Å². The van der Waals surface area contributed by atoms with Crippen molar-refractivity contribution in [2.45, 2.75) is 19.8 Å². The standard InChI is InChI=1S/C10H17N3S/c1-9-11-7-5-10(13-9)12-6-3-4-8-14-2/h5,7H,3-4,6,8H2,1-2H3,(H,11,12,13). The molecule has 1 rings (SSSR count). The van der Waals surface area contributed by atoms with Gasteiger partial charge in [0.05, 0.1) is 0 Å². The second kappa shape index (κ2) is 6.65. The summed E-state index contributed by atoms with van der Waals surface area (Å²) >= 11 is 1.90. The molecule has 78 valence electrons. The van der Waals surface area contributed by atoms with E-state index in [-0.39, 0.29) is 0 Å². The van der Waals surface area contributed by atoms with Gasteiger partial charge in [0.1, 0.15) is 11.6 Å². The summed E-state index contributed by atoms with van der Waals surface area (Å²) in [6.45, 7) is 2.90. The van der Waals surface area contributed by atoms with Gasteiger partial charge in [0.2, 0.25) is 0 Å². The van der Waals surface area contributed by atoms with Crippen LogP contribution in [0.4, 0.5) is 5.82 Å². The Kier molecular flexibility index (Phi) is 5.37. The molecule has 0 saturated heterocycles. The highest BCUT2D eigenvalue weighted by molar-refractivity contribution is 7.98. The van der Waals surface area contributed by atoms with E-state index < -0.39 is 0 Å². The van der Waals surface area contributed by atoms with Crippen LogP contribution in [0.15, 0.2) is 12.3 Å². The molecule has 1 heterocycles. The zero-order chi connectivity index (χ0) is 10.2. The summed E-state index contributed by atoms with van der Waals surface area (Å²) < 4.78 is 0. The fourth-order valence-electron chi connectivity index (χ4n) is 1.14. The highest BCUT2D eigenvalue weighted by atomic mass is 32.2. The normalized spacial score (nSPS) is 10.1. The third-order valence-corrected chi connectivity index (χ3v) is 2.55. The Labute approximate surface area is 89.7 Å². The SMILES string of the molecule is CSCCCCNc1ccnc(C)n1. The number of aryl methyl sites for hydroxylation is 1. The molecule has 0 aliphatic heterocycles. The fourth-order valence-corrected chi connectivity index (χ4v) is 1.64. The minimum Gasteiger partial charge on any atom is -0.370 e. The fraction of sp³-hybridized carbons (Fsp3) is 0.600. The molecule has 3 nitrogen and oxygen atoms in total. The number of rotatable bonds is 6.